The maximum atomic E-state index is 12.8. The lowest BCUT2D eigenvalue weighted by molar-refractivity contribution is 0.102. The van der Waals surface area contributed by atoms with Gasteiger partial charge >= 0.3 is 0 Å². The van der Waals surface area contributed by atoms with Crippen LogP contribution in [0.4, 0.5) is 17.1 Å². The van der Waals surface area contributed by atoms with E-state index in [1.807, 2.05) is 6.92 Å². The lowest BCUT2D eigenvalue weighted by Gasteiger charge is -2.13. The molecular formula is C28H27N3O6S2. The van der Waals surface area contributed by atoms with E-state index in [0.717, 1.165) is 5.56 Å². The van der Waals surface area contributed by atoms with Crippen LogP contribution in [-0.4, -0.2) is 29.9 Å². The average Bonchev–Trinajstić information content (AvgIpc) is 2.90. The highest BCUT2D eigenvalue weighted by Gasteiger charge is 2.17. The van der Waals surface area contributed by atoms with Crippen molar-refractivity contribution >= 4 is 43.0 Å². The zero-order valence-electron chi connectivity index (χ0n) is 21.4. The highest BCUT2D eigenvalue weighted by atomic mass is 32.2. The molecule has 0 aromatic heterocycles. The average molecular weight is 566 g/mol. The summed E-state index contributed by atoms with van der Waals surface area (Å²) in [5, 5.41) is 2.72. The van der Waals surface area contributed by atoms with Gasteiger partial charge in [0.05, 0.1) is 22.6 Å². The smallest absolute Gasteiger partial charge is 0.261 e. The number of carbonyl (C=O) groups is 1. The number of anilines is 3. The van der Waals surface area contributed by atoms with Gasteiger partial charge in [0, 0.05) is 16.9 Å². The SMILES string of the molecule is COc1ccc(NS(=O)(=O)c2ccc(NC(=O)c3ccc(NS(=O)(=O)c4ccc(C)cc4)c(C)c3)cc2)cc1. The van der Waals surface area contributed by atoms with Crippen LogP contribution in [0.25, 0.3) is 0 Å². The molecule has 0 saturated heterocycles. The summed E-state index contributed by atoms with van der Waals surface area (Å²) in [5.41, 5.74) is 2.94. The Morgan fingerprint density at radius 3 is 1.77 bits per heavy atom. The molecule has 4 aromatic rings. The number of hydrogen-bond acceptors (Lipinski definition) is 6. The molecule has 1 amide bonds. The molecule has 202 valence electrons. The highest BCUT2D eigenvalue weighted by molar-refractivity contribution is 7.93. The van der Waals surface area contributed by atoms with E-state index in [0.29, 0.717) is 33.9 Å². The molecule has 11 heteroatoms. The van der Waals surface area contributed by atoms with Gasteiger partial charge in [0.15, 0.2) is 0 Å². The van der Waals surface area contributed by atoms with E-state index >= 15 is 0 Å². The summed E-state index contributed by atoms with van der Waals surface area (Å²) in [6.07, 6.45) is 0. The fraction of sp³-hybridized carbons (Fsp3) is 0.107. The van der Waals surface area contributed by atoms with Gasteiger partial charge in [-0.15, -0.1) is 0 Å². The summed E-state index contributed by atoms with van der Waals surface area (Å²) < 4.78 is 60.9. The third kappa shape index (κ3) is 6.75. The Balaban J connectivity index is 1.42. The van der Waals surface area contributed by atoms with Crippen molar-refractivity contribution in [3.8, 4) is 5.75 Å². The molecule has 0 aliphatic rings. The Morgan fingerprint density at radius 1 is 0.667 bits per heavy atom. The monoisotopic (exact) mass is 565 g/mol. The van der Waals surface area contributed by atoms with Crippen LogP contribution in [0.3, 0.4) is 0 Å². The molecule has 3 N–H and O–H groups in total. The first-order valence-electron chi connectivity index (χ1n) is 11.8. The van der Waals surface area contributed by atoms with E-state index in [1.165, 1.54) is 55.6 Å². The molecule has 4 aromatic carbocycles. The summed E-state index contributed by atoms with van der Waals surface area (Å²) in [4.78, 5) is 13.0. The van der Waals surface area contributed by atoms with E-state index in [9.17, 15) is 21.6 Å². The number of hydrogen-bond donors (Lipinski definition) is 3. The summed E-state index contributed by atoms with van der Waals surface area (Å²) in [5.74, 6) is 0.171. The van der Waals surface area contributed by atoms with Crippen molar-refractivity contribution in [1.29, 1.82) is 0 Å². The molecule has 9 nitrogen and oxygen atoms in total. The minimum atomic E-state index is -3.84. The minimum absolute atomic E-state index is 0.0253. The van der Waals surface area contributed by atoms with Crippen LogP contribution < -0.4 is 19.5 Å². The predicted octanol–water partition coefficient (Wildman–Crippen LogP) is 5.17. The van der Waals surface area contributed by atoms with Gasteiger partial charge in [0.2, 0.25) is 0 Å². The van der Waals surface area contributed by atoms with Crippen molar-refractivity contribution in [3.05, 3.63) is 108 Å². The van der Waals surface area contributed by atoms with E-state index in [-0.39, 0.29) is 9.79 Å². The normalized spacial score (nSPS) is 11.5. The quantitative estimate of drug-likeness (QED) is 0.257. The fourth-order valence-corrected chi connectivity index (χ4v) is 5.82. The third-order valence-electron chi connectivity index (χ3n) is 5.83. The van der Waals surface area contributed by atoms with Gasteiger partial charge < -0.3 is 10.1 Å². The molecule has 0 unspecified atom stereocenters. The van der Waals surface area contributed by atoms with Crippen molar-refractivity contribution in [1.82, 2.24) is 0 Å². The van der Waals surface area contributed by atoms with Crippen molar-refractivity contribution in [2.45, 2.75) is 23.6 Å². The zero-order valence-corrected chi connectivity index (χ0v) is 23.1. The standard InChI is InChI=1S/C28H27N3O6S2/c1-19-4-13-25(14-5-19)39(35,36)31-27-17-6-21(18-20(27)2)28(32)29-22-9-15-26(16-10-22)38(33,34)30-23-7-11-24(37-3)12-8-23/h4-18,30-31H,1-3H3,(H,29,32). The van der Waals surface area contributed by atoms with Crippen LogP contribution in [0.2, 0.25) is 0 Å². The second-order valence-electron chi connectivity index (χ2n) is 8.76. The number of benzene rings is 4. The third-order valence-corrected chi connectivity index (χ3v) is 8.61. The Hall–Kier alpha value is -4.35. The van der Waals surface area contributed by atoms with Crippen LogP contribution in [-0.2, 0) is 20.0 Å². The summed E-state index contributed by atoms with van der Waals surface area (Å²) in [6.45, 7) is 3.56. The second-order valence-corrected chi connectivity index (χ2v) is 12.1. The molecule has 4 rings (SSSR count). The minimum Gasteiger partial charge on any atom is -0.497 e. The molecule has 39 heavy (non-hydrogen) atoms. The largest absolute Gasteiger partial charge is 0.497 e. The number of sulfonamides is 2. The van der Waals surface area contributed by atoms with E-state index < -0.39 is 26.0 Å². The molecule has 0 saturated carbocycles. The Bertz CT molecular complexity index is 1700. The van der Waals surface area contributed by atoms with Crippen molar-refractivity contribution in [2.24, 2.45) is 0 Å². The lowest BCUT2D eigenvalue weighted by atomic mass is 10.1. The first-order chi connectivity index (χ1) is 18.5. The molecular weight excluding hydrogens is 538 g/mol. The first kappa shape index (κ1) is 27.7. The number of ether oxygens (including phenoxy) is 1. The molecule has 0 radical (unpaired) electrons. The van der Waals surface area contributed by atoms with Crippen LogP contribution in [0.15, 0.2) is 101 Å². The number of aryl methyl sites for hydroxylation is 2. The Morgan fingerprint density at radius 2 is 1.21 bits per heavy atom. The molecule has 0 heterocycles. The van der Waals surface area contributed by atoms with E-state index in [4.69, 9.17) is 4.74 Å². The number of amides is 1. The zero-order chi connectivity index (χ0) is 28.2. The van der Waals surface area contributed by atoms with Crippen LogP contribution in [0.1, 0.15) is 21.5 Å². The van der Waals surface area contributed by atoms with Crippen molar-refractivity contribution in [3.63, 3.8) is 0 Å². The topological polar surface area (TPSA) is 131 Å². The lowest BCUT2D eigenvalue weighted by Crippen LogP contribution is -2.16. The van der Waals surface area contributed by atoms with Gasteiger partial charge in [0.25, 0.3) is 26.0 Å². The number of carbonyl (C=O) groups excluding carboxylic acids is 1. The van der Waals surface area contributed by atoms with Crippen molar-refractivity contribution < 1.29 is 26.4 Å². The van der Waals surface area contributed by atoms with Gasteiger partial charge in [-0.1, -0.05) is 17.7 Å². The number of methoxy groups -OCH3 is 1. The second kappa shape index (κ2) is 11.2. The van der Waals surface area contributed by atoms with Crippen LogP contribution >= 0.6 is 0 Å². The van der Waals surface area contributed by atoms with Crippen LogP contribution in [0, 0.1) is 13.8 Å². The van der Waals surface area contributed by atoms with E-state index in [1.54, 1.807) is 49.4 Å². The van der Waals surface area contributed by atoms with Gasteiger partial charge in [-0.05, 0) is 98.3 Å². The highest BCUT2D eigenvalue weighted by Crippen LogP contribution is 2.23. The molecule has 0 atom stereocenters. The van der Waals surface area contributed by atoms with Crippen molar-refractivity contribution in [2.75, 3.05) is 21.9 Å². The first-order valence-corrected chi connectivity index (χ1v) is 14.7. The molecule has 0 aliphatic heterocycles. The summed E-state index contributed by atoms with van der Waals surface area (Å²) in [7, 11) is -6.10. The van der Waals surface area contributed by atoms with Gasteiger partial charge in [0.1, 0.15) is 5.75 Å². The van der Waals surface area contributed by atoms with Gasteiger partial charge in [-0.25, -0.2) is 16.8 Å². The number of nitrogens with one attached hydrogen (secondary N) is 3. The molecule has 0 fully saturated rings. The van der Waals surface area contributed by atoms with E-state index in [2.05, 4.69) is 14.8 Å². The summed E-state index contributed by atoms with van der Waals surface area (Å²) in [6, 6.07) is 23.3. The fourth-order valence-electron chi connectivity index (χ4n) is 3.63. The van der Waals surface area contributed by atoms with Gasteiger partial charge in [-0.2, -0.15) is 0 Å². The maximum Gasteiger partial charge on any atom is 0.261 e. The van der Waals surface area contributed by atoms with Gasteiger partial charge in [-0.3, -0.25) is 14.2 Å². The summed E-state index contributed by atoms with van der Waals surface area (Å²) >= 11 is 0. The number of rotatable bonds is 9. The molecule has 0 spiro atoms. The van der Waals surface area contributed by atoms with Crippen LogP contribution in [0.5, 0.6) is 5.75 Å². The Kier molecular flexibility index (Phi) is 7.93. The molecule has 0 bridgehead atoms. The Labute approximate surface area is 228 Å². The molecule has 0 aliphatic carbocycles. The maximum absolute atomic E-state index is 12.8. The predicted molar refractivity (Wildman–Crippen MR) is 151 cm³/mol.